The summed E-state index contributed by atoms with van der Waals surface area (Å²) >= 11 is 1.40. The van der Waals surface area contributed by atoms with E-state index in [2.05, 4.69) is 16.3 Å². The van der Waals surface area contributed by atoms with Crippen molar-refractivity contribution < 1.29 is 9.47 Å². The monoisotopic (exact) mass is 364 g/mol. The van der Waals surface area contributed by atoms with Gasteiger partial charge in [0.15, 0.2) is 22.5 Å². The number of nitriles is 1. The van der Waals surface area contributed by atoms with E-state index in [1.165, 1.54) is 11.8 Å². The summed E-state index contributed by atoms with van der Waals surface area (Å²) in [5.41, 5.74) is 2.04. The molecular weight excluding hydrogens is 348 g/mol. The van der Waals surface area contributed by atoms with E-state index in [9.17, 15) is 0 Å². The third-order valence-electron chi connectivity index (χ3n) is 3.99. The van der Waals surface area contributed by atoms with Gasteiger partial charge in [-0.3, -0.25) is 4.57 Å². The summed E-state index contributed by atoms with van der Waals surface area (Å²) in [4.78, 5) is 0. The average Bonchev–Trinajstić information content (AvgIpc) is 3.29. The fourth-order valence-electron chi connectivity index (χ4n) is 2.73. The topological polar surface area (TPSA) is 73.0 Å². The summed E-state index contributed by atoms with van der Waals surface area (Å²) in [6.45, 7) is 2.68. The molecule has 1 aliphatic heterocycles. The van der Waals surface area contributed by atoms with Crippen LogP contribution >= 0.6 is 11.8 Å². The second-order valence-corrected chi connectivity index (χ2v) is 7.14. The predicted molar refractivity (Wildman–Crippen MR) is 98.1 cm³/mol. The highest BCUT2D eigenvalue weighted by atomic mass is 32.2. The van der Waals surface area contributed by atoms with Gasteiger partial charge in [-0.05, 0) is 24.6 Å². The van der Waals surface area contributed by atoms with E-state index in [-0.39, 0.29) is 12.0 Å². The van der Waals surface area contributed by atoms with Crippen molar-refractivity contribution in [1.29, 1.82) is 5.26 Å². The Morgan fingerprint density at radius 1 is 1.15 bits per heavy atom. The SMILES string of the molecule is C[C@H](C#N)Sc1nnc(-c2ccccc2)n1Cc1ccc2c(c1)OCO2. The highest BCUT2D eigenvalue weighted by molar-refractivity contribution is 8.00. The fourth-order valence-corrected chi connectivity index (χ4v) is 3.46. The maximum absolute atomic E-state index is 9.15. The molecule has 0 fully saturated rings. The molecule has 2 aromatic carbocycles. The summed E-state index contributed by atoms with van der Waals surface area (Å²) < 4.78 is 12.9. The molecule has 0 aliphatic carbocycles. The molecule has 0 bridgehead atoms. The Bertz CT molecular complexity index is 965. The van der Waals surface area contributed by atoms with Crippen molar-refractivity contribution in [3.8, 4) is 29.0 Å². The molecule has 6 nitrogen and oxygen atoms in total. The second kappa shape index (κ2) is 7.10. The van der Waals surface area contributed by atoms with E-state index in [1.54, 1.807) is 0 Å². The van der Waals surface area contributed by atoms with Gasteiger partial charge in [0, 0.05) is 5.56 Å². The molecule has 1 atom stereocenters. The molecule has 0 saturated carbocycles. The van der Waals surface area contributed by atoms with Crippen LogP contribution < -0.4 is 9.47 Å². The fraction of sp³-hybridized carbons (Fsp3) is 0.211. The molecule has 26 heavy (non-hydrogen) atoms. The maximum atomic E-state index is 9.15. The van der Waals surface area contributed by atoms with Gasteiger partial charge in [-0.15, -0.1) is 10.2 Å². The molecule has 0 amide bonds. The highest BCUT2D eigenvalue weighted by Crippen LogP contribution is 2.34. The van der Waals surface area contributed by atoms with E-state index < -0.39 is 0 Å². The first kappa shape index (κ1) is 16.5. The lowest BCUT2D eigenvalue weighted by Crippen LogP contribution is -2.05. The molecule has 0 spiro atoms. The van der Waals surface area contributed by atoms with Gasteiger partial charge < -0.3 is 9.47 Å². The standard InChI is InChI=1S/C19H16N4O2S/c1-13(10-20)26-19-22-21-18(15-5-3-2-4-6-15)23(19)11-14-7-8-16-17(9-14)25-12-24-16/h2-9,13H,11-12H2,1H3/t13-/m1/s1. The quantitative estimate of drug-likeness (QED) is 0.643. The van der Waals surface area contributed by atoms with Gasteiger partial charge in [0.25, 0.3) is 0 Å². The van der Waals surface area contributed by atoms with Gasteiger partial charge in [-0.2, -0.15) is 5.26 Å². The summed E-state index contributed by atoms with van der Waals surface area (Å²) in [5.74, 6) is 2.28. The molecule has 130 valence electrons. The zero-order valence-electron chi connectivity index (χ0n) is 14.1. The van der Waals surface area contributed by atoms with Crippen molar-refractivity contribution >= 4 is 11.8 Å². The number of thioether (sulfide) groups is 1. The van der Waals surface area contributed by atoms with Gasteiger partial charge in [0.2, 0.25) is 6.79 Å². The van der Waals surface area contributed by atoms with Crippen molar-refractivity contribution in [2.45, 2.75) is 23.9 Å². The Labute approximate surface area is 155 Å². The normalized spacial score (nSPS) is 13.4. The van der Waals surface area contributed by atoms with E-state index in [4.69, 9.17) is 14.7 Å². The van der Waals surface area contributed by atoms with Gasteiger partial charge in [0.1, 0.15) is 0 Å². The Hall–Kier alpha value is -2.98. The van der Waals surface area contributed by atoms with Crippen LogP contribution in [0.4, 0.5) is 0 Å². The molecule has 0 saturated heterocycles. The van der Waals surface area contributed by atoms with Crippen LogP contribution in [0.25, 0.3) is 11.4 Å². The minimum atomic E-state index is -0.210. The first-order chi connectivity index (χ1) is 12.7. The van der Waals surface area contributed by atoms with Crippen molar-refractivity contribution in [3.05, 3.63) is 54.1 Å². The molecule has 2 heterocycles. The number of ether oxygens (including phenoxy) is 2. The van der Waals surface area contributed by atoms with Crippen molar-refractivity contribution in [2.24, 2.45) is 0 Å². The molecule has 1 aliphatic rings. The minimum Gasteiger partial charge on any atom is -0.454 e. The van der Waals surface area contributed by atoms with Gasteiger partial charge in [-0.25, -0.2) is 0 Å². The first-order valence-electron chi connectivity index (χ1n) is 8.18. The lowest BCUT2D eigenvalue weighted by Gasteiger charge is -2.11. The summed E-state index contributed by atoms with van der Waals surface area (Å²) in [6.07, 6.45) is 0. The van der Waals surface area contributed by atoms with Crippen molar-refractivity contribution in [3.63, 3.8) is 0 Å². The van der Waals surface area contributed by atoms with E-state index >= 15 is 0 Å². The lowest BCUT2D eigenvalue weighted by molar-refractivity contribution is 0.174. The Morgan fingerprint density at radius 2 is 1.96 bits per heavy atom. The molecule has 4 rings (SSSR count). The Kier molecular flexibility index (Phi) is 4.50. The number of nitrogens with zero attached hydrogens (tertiary/aromatic N) is 4. The first-order valence-corrected chi connectivity index (χ1v) is 9.06. The van der Waals surface area contributed by atoms with E-state index in [0.717, 1.165) is 33.6 Å². The number of rotatable bonds is 5. The van der Waals surface area contributed by atoms with Crippen LogP contribution in [-0.2, 0) is 6.54 Å². The summed E-state index contributed by atoms with van der Waals surface area (Å²) in [7, 11) is 0. The van der Waals surface area contributed by atoms with Crippen LogP contribution in [0.15, 0.2) is 53.7 Å². The molecule has 0 unspecified atom stereocenters. The van der Waals surface area contributed by atoms with Crippen molar-refractivity contribution in [2.75, 3.05) is 6.79 Å². The Morgan fingerprint density at radius 3 is 2.77 bits per heavy atom. The molecule has 0 radical (unpaired) electrons. The number of fused-ring (bicyclic) bond motifs is 1. The Balaban J connectivity index is 1.72. The van der Waals surface area contributed by atoms with Gasteiger partial charge in [0.05, 0.1) is 17.9 Å². The zero-order valence-corrected chi connectivity index (χ0v) is 14.9. The largest absolute Gasteiger partial charge is 0.454 e. The lowest BCUT2D eigenvalue weighted by atomic mass is 10.2. The second-order valence-electron chi connectivity index (χ2n) is 5.84. The third kappa shape index (κ3) is 3.24. The zero-order chi connectivity index (χ0) is 17.9. The van der Waals surface area contributed by atoms with Crippen LogP contribution in [0.1, 0.15) is 12.5 Å². The number of aromatic nitrogens is 3. The molecule has 0 N–H and O–H groups in total. The number of benzene rings is 2. The summed E-state index contributed by atoms with van der Waals surface area (Å²) in [5, 5.41) is 18.3. The van der Waals surface area contributed by atoms with Crippen LogP contribution in [0, 0.1) is 11.3 Å². The van der Waals surface area contributed by atoms with Crippen LogP contribution in [0.5, 0.6) is 11.5 Å². The third-order valence-corrected chi connectivity index (χ3v) is 4.96. The molecule has 7 heteroatoms. The molecular formula is C19H16N4O2S. The summed E-state index contributed by atoms with van der Waals surface area (Å²) in [6, 6.07) is 18.0. The number of hydrogen-bond donors (Lipinski definition) is 0. The maximum Gasteiger partial charge on any atom is 0.231 e. The van der Waals surface area contributed by atoms with Crippen LogP contribution in [-0.4, -0.2) is 26.8 Å². The van der Waals surface area contributed by atoms with Gasteiger partial charge >= 0.3 is 0 Å². The van der Waals surface area contributed by atoms with E-state index in [1.807, 2.05) is 60.0 Å². The van der Waals surface area contributed by atoms with E-state index in [0.29, 0.717) is 6.54 Å². The number of hydrogen-bond acceptors (Lipinski definition) is 6. The minimum absolute atomic E-state index is 0.210. The highest BCUT2D eigenvalue weighted by Gasteiger charge is 2.19. The molecule has 1 aromatic heterocycles. The smallest absolute Gasteiger partial charge is 0.231 e. The molecule has 3 aromatic rings. The van der Waals surface area contributed by atoms with Crippen LogP contribution in [0.3, 0.4) is 0 Å². The van der Waals surface area contributed by atoms with Gasteiger partial charge in [-0.1, -0.05) is 48.2 Å². The van der Waals surface area contributed by atoms with Crippen molar-refractivity contribution in [1.82, 2.24) is 14.8 Å². The predicted octanol–water partition coefficient (Wildman–Crippen LogP) is 3.73. The van der Waals surface area contributed by atoms with Crippen LogP contribution in [0.2, 0.25) is 0 Å². The average molecular weight is 364 g/mol.